The quantitative estimate of drug-likeness (QED) is 0.325. The summed E-state index contributed by atoms with van der Waals surface area (Å²) < 4.78 is 1.45. The SMILES string of the molecule is IS1=C(Sc2ccccc2)C=C(c2ccccc2)S1. The van der Waals surface area contributed by atoms with Crippen LogP contribution in [0.25, 0.3) is 4.91 Å². The second kappa shape index (κ2) is 6.52. The van der Waals surface area contributed by atoms with Gasteiger partial charge in [0.15, 0.2) is 0 Å². The Kier molecular flexibility index (Phi) is 4.73. The zero-order valence-corrected chi connectivity index (χ0v) is 14.6. The van der Waals surface area contributed by atoms with Gasteiger partial charge in [0, 0.05) is 31.0 Å². The van der Waals surface area contributed by atoms with E-state index < -0.39 is 0 Å². The number of benzene rings is 2. The van der Waals surface area contributed by atoms with E-state index in [2.05, 4.69) is 87.9 Å². The van der Waals surface area contributed by atoms with Crippen molar-refractivity contribution in [2.24, 2.45) is 0 Å². The summed E-state index contributed by atoms with van der Waals surface area (Å²) in [6.07, 6.45) is 2.34. The third-order valence-electron chi connectivity index (χ3n) is 2.59. The Morgan fingerprint density at radius 1 is 0.895 bits per heavy atom. The maximum atomic E-state index is 2.54. The van der Waals surface area contributed by atoms with E-state index in [4.69, 9.17) is 0 Å². The summed E-state index contributed by atoms with van der Waals surface area (Å²) in [5, 5.41) is 0. The average molecular weight is 414 g/mol. The van der Waals surface area contributed by atoms with Crippen LogP contribution < -0.4 is 0 Å². The molecule has 0 aliphatic carbocycles. The van der Waals surface area contributed by atoms with Gasteiger partial charge in [0.2, 0.25) is 0 Å². The Morgan fingerprint density at radius 3 is 2.21 bits per heavy atom. The molecule has 1 unspecified atom stereocenters. The fraction of sp³-hybridized carbons (Fsp3) is 0. The molecule has 0 aromatic heterocycles. The first-order chi connectivity index (χ1) is 9.33. The molecule has 3 rings (SSSR count). The third-order valence-corrected chi connectivity index (χ3v) is 11.1. The lowest BCUT2D eigenvalue weighted by atomic mass is 10.2. The lowest BCUT2D eigenvalue weighted by molar-refractivity contribution is 1.48. The van der Waals surface area contributed by atoms with Crippen molar-refractivity contribution in [1.82, 2.24) is 0 Å². The van der Waals surface area contributed by atoms with Crippen molar-refractivity contribution >= 4 is 59.6 Å². The smallest absolute Gasteiger partial charge is 0.0567 e. The van der Waals surface area contributed by atoms with Crippen LogP contribution in [0, 0.1) is 0 Å². The number of halogens is 1. The Bertz CT molecular complexity index is 633. The van der Waals surface area contributed by atoms with Crippen molar-refractivity contribution in [3.05, 3.63) is 72.3 Å². The van der Waals surface area contributed by atoms with E-state index in [-0.39, 0.29) is 6.69 Å². The third kappa shape index (κ3) is 3.48. The summed E-state index contributed by atoms with van der Waals surface area (Å²) in [5.74, 6) is 0. The Morgan fingerprint density at radius 2 is 1.53 bits per heavy atom. The molecule has 1 atom stereocenters. The minimum Gasteiger partial charge on any atom is -0.0822 e. The first-order valence-corrected chi connectivity index (χ1v) is 11.7. The lowest BCUT2D eigenvalue weighted by Crippen LogP contribution is -1.82. The summed E-state index contributed by atoms with van der Waals surface area (Å²) >= 11 is 4.43. The van der Waals surface area contributed by atoms with Crippen LogP contribution in [0.4, 0.5) is 0 Å². The minimum absolute atomic E-state index is 0.232. The van der Waals surface area contributed by atoms with Crippen molar-refractivity contribution < 1.29 is 0 Å². The molecule has 1 aliphatic heterocycles. The molecular weight excluding hydrogens is 403 g/mol. The first-order valence-electron chi connectivity index (χ1n) is 5.79. The number of rotatable bonds is 2. The van der Waals surface area contributed by atoms with Crippen LogP contribution in [-0.2, 0) is 0 Å². The summed E-state index contributed by atoms with van der Waals surface area (Å²) in [7, 11) is 1.96. The normalized spacial score (nSPS) is 18.5. The van der Waals surface area contributed by atoms with Crippen molar-refractivity contribution in [2.45, 2.75) is 4.90 Å². The summed E-state index contributed by atoms with van der Waals surface area (Å²) in [4.78, 5) is 2.70. The number of thioether (sulfide) groups is 1. The molecule has 0 amide bonds. The van der Waals surface area contributed by atoms with Gasteiger partial charge in [-0.2, -0.15) is 0 Å². The lowest BCUT2D eigenvalue weighted by Gasteiger charge is -2.00. The molecule has 0 spiro atoms. The molecule has 2 aromatic carbocycles. The second-order valence-corrected chi connectivity index (χ2v) is 12.7. The molecule has 0 nitrogen and oxygen atoms in total. The molecule has 0 bridgehead atoms. The summed E-state index contributed by atoms with van der Waals surface area (Å²) in [6.45, 7) is 0.232. The van der Waals surface area contributed by atoms with E-state index in [0.29, 0.717) is 0 Å². The summed E-state index contributed by atoms with van der Waals surface area (Å²) in [5.41, 5.74) is 1.32. The molecule has 0 saturated heterocycles. The number of hydrogen-bond acceptors (Lipinski definition) is 2. The van der Waals surface area contributed by atoms with E-state index in [1.54, 1.807) is 0 Å². The van der Waals surface area contributed by atoms with E-state index in [1.165, 1.54) is 19.6 Å². The molecule has 96 valence electrons. The van der Waals surface area contributed by atoms with Gasteiger partial charge in [-0.05, 0) is 30.5 Å². The highest BCUT2D eigenvalue weighted by atomic mass is 127. The van der Waals surface area contributed by atoms with Crippen LogP contribution in [0.3, 0.4) is 0 Å². The zero-order valence-electron chi connectivity index (χ0n) is 9.95. The molecule has 0 N–H and O–H groups in total. The van der Waals surface area contributed by atoms with Crippen LogP contribution in [0.5, 0.6) is 0 Å². The van der Waals surface area contributed by atoms with Gasteiger partial charge in [-0.3, -0.25) is 0 Å². The van der Waals surface area contributed by atoms with E-state index in [1.807, 2.05) is 22.6 Å². The zero-order chi connectivity index (χ0) is 13.1. The molecule has 1 aliphatic rings. The largest absolute Gasteiger partial charge is 0.0822 e. The van der Waals surface area contributed by atoms with Gasteiger partial charge in [-0.25, -0.2) is 0 Å². The molecule has 0 radical (unpaired) electrons. The Labute approximate surface area is 136 Å². The van der Waals surface area contributed by atoms with Gasteiger partial charge in [-0.1, -0.05) is 71.1 Å². The van der Waals surface area contributed by atoms with Crippen LogP contribution in [0.2, 0.25) is 0 Å². The first kappa shape index (κ1) is 13.8. The predicted octanol–water partition coefficient (Wildman–Crippen LogP) is 6.23. The van der Waals surface area contributed by atoms with Gasteiger partial charge in [0.05, 0.1) is 4.20 Å². The standard InChI is InChI=1S/C15H11IS3/c16-19-15(17-13-9-5-2-6-10-13)11-14(18-19)12-7-3-1-4-8-12/h1-11H. The van der Waals surface area contributed by atoms with Crippen LogP contribution >= 0.6 is 50.4 Å². The van der Waals surface area contributed by atoms with Crippen LogP contribution in [-0.4, -0.2) is 4.20 Å². The topological polar surface area (TPSA) is 0 Å². The van der Waals surface area contributed by atoms with E-state index in [0.717, 1.165) is 0 Å². The van der Waals surface area contributed by atoms with Crippen LogP contribution in [0.1, 0.15) is 5.56 Å². The van der Waals surface area contributed by atoms with Gasteiger partial charge in [-0.15, -0.1) is 0 Å². The minimum atomic E-state index is 0.232. The Hall–Kier alpha value is -0.170. The average Bonchev–Trinajstić information content (AvgIpc) is 2.82. The molecular formula is C15H11IS3. The van der Waals surface area contributed by atoms with Crippen molar-refractivity contribution in [2.75, 3.05) is 0 Å². The summed E-state index contributed by atoms with van der Waals surface area (Å²) in [6, 6.07) is 21.2. The Balaban J connectivity index is 1.82. The second-order valence-electron chi connectivity index (χ2n) is 3.92. The highest BCUT2D eigenvalue weighted by molar-refractivity contribution is 14.2. The molecule has 2 aromatic rings. The van der Waals surface area contributed by atoms with E-state index in [9.17, 15) is 0 Å². The van der Waals surface area contributed by atoms with Gasteiger partial charge >= 0.3 is 0 Å². The molecule has 0 fully saturated rings. The van der Waals surface area contributed by atoms with Gasteiger partial charge < -0.3 is 0 Å². The molecule has 4 heteroatoms. The van der Waals surface area contributed by atoms with Crippen molar-refractivity contribution in [3.8, 4) is 0 Å². The van der Waals surface area contributed by atoms with Gasteiger partial charge in [0.1, 0.15) is 0 Å². The van der Waals surface area contributed by atoms with Crippen molar-refractivity contribution in [3.63, 3.8) is 0 Å². The molecule has 1 heterocycles. The highest BCUT2D eigenvalue weighted by Crippen LogP contribution is 2.55. The molecule has 0 saturated carbocycles. The monoisotopic (exact) mass is 414 g/mol. The fourth-order valence-electron chi connectivity index (χ4n) is 1.70. The highest BCUT2D eigenvalue weighted by Gasteiger charge is 2.16. The maximum Gasteiger partial charge on any atom is 0.0567 e. The van der Waals surface area contributed by atoms with E-state index >= 15 is 0 Å². The van der Waals surface area contributed by atoms with Gasteiger partial charge in [0.25, 0.3) is 0 Å². The predicted molar refractivity (Wildman–Crippen MR) is 101 cm³/mol. The number of hydrogen-bond donors (Lipinski definition) is 0. The fourth-order valence-corrected chi connectivity index (χ4v) is 8.79. The van der Waals surface area contributed by atoms with Crippen molar-refractivity contribution in [1.29, 1.82) is 0 Å². The van der Waals surface area contributed by atoms with Crippen LogP contribution in [0.15, 0.2) is 71.6 Å². The maximum absolute atomic E-state index is 2.54. The molecule has 19 heavy (non-hydrogen) atoms.